The van der Waals surface area contributed by atoms with Crippen molar-refractivity contribution in [3.63, 3.8) is 0 Å². The fraction of sp³-hybridized carbons (Fsp3) is 0.269. The number of ether oxygens (including phenoxy) is 1. The molecule has 0 aliphatic rings. The number of anilines is 1. The number of sulfonamides is 1. The van der Waals surface area contributed by atoms with Crippen LogP contribution in [0.5, 0.6) is 5.75 Å². The number of carbonyl (C=O) groups excluding carboxylic acids is 1. The van der Waals surface area contributed by atoms with Gasteiger partial charge < -0.3 is 4.74 Å². The van der Waals surface area contributed by atoms with Crippen molar-refractivity contribution in [2.75, 3.05) is 10.9 Å². The lowest BCUT2D eigenvalue weighted by molar-refractivity contribution is -0.119. The molecule has 0 saturated carbocycles. The number of rotatable bonds is 9. The maximum Gasteiger partial charge on any atom is 0.278 e. The summed E-state index contributed by atoms with van der Waals surface area (Å²) in [4.78, 5) is 13.3. The van der Waals surface area contributed by atoms with Gasteiger partial charge >= 0.3 is 0 Å². The standard InChI is InChI=1S/C26H28BrNO4S/c1-4-5-6-21-10-12-22(13-11-21)28(33(30,31)23-14-7-19(2)8-15-23)26(29)18-32-25-16-9-20(3)17-24(25)27/h7-17H,4-6,18H2,1-3H3. The van der Waals surface area contributed by atoms with Gasteiger partial charge in [-0.05, 0) is 90.1 Å². The second kappa shape index (κ2) is 11.0. The summed E-state index contributed by atoms with van der Waals surface area (Å²) in [7, 11) is -4.13. The zero-order valence-corrected chi connectivity index (χ0v) is 21.4. The van der Waals surface area contributed by atoms with Gasteiger partial charge in [0.25, 0.3) is 15.9 Å². The van der Waals surface area contributed by atoms with Gasteiger partial charge in [-0.1, -0.05) is 49.2 Å². The molecule has 0 bridgehead atoms. The van der Waals surface area contributed by atoms with Crippen molar-refractivity contribution in [2.24, 2.45) is 0 Å². The van der Waals surface area contributed by atoms with Crippen LogP contribution in [0.1, 0.15) is 36.5 Å². The van der Waals surface area contributed by atoms with E-state index in [9.17, 15) is 13.2 Å². The van der Waals surface area contributed by atoms with E-state index in [0.717, 1.165) is 40.3 Å². The fourth-order valence-corrected chi connectivity index (χ4v) is 5.35. The van der Waals surface area contributed by atoms with Crippen molar-refractivity contribution in [3.8, 4) is 5.75 Å². The Morgan fingerprint density at radius 2 is 1.58 bits per heavy atom. The molecule has 1 amide bonds. The average Bonchev–Trinajstić information content (AvgIpc) is 2.78. The number of amides is 1. The number of carbonyl (C=O) groups is 1. The molecule has 33 heavy (non-hydrogen) atoms. The molecule has 0 spiro atoms. The topological polar surface area (TPSA) is 63.7 Å². The molecule has 0 N–H and O–H groups in total. The first-order valence-electron chi connectivity index (χ1n) is 10.8. The Morgan fingerprint density at radius 1 is 0.939 bits per heavy atom. The molecule has 3 aromatic carbocycles. The quantitative estimate of drug-likeness (QED) is 0.330. The second-order valence-electron chi connectivity index (χ2n) is 7.97. The summed E-state index contributed by atoms with van der Waals surface area (Å²) < 4.78 is 34.2. The van der Waals surface area contributed by atoms with E-state index in [2.05, 4.69) is 22.9 Å². The molecule has 3 rings (SSSR count). The van der Waals surface area contributed by atoms with Gasteiger partial charge in [-0.3, -0.25) is 4.79 Å². The van der Waals surface area contributed by atoms with Crippen LogP contribution in [0.15, 0.2) is 76.1 Å². The number of aryl methyl sites for hydroxylation is 3. The molecule has 5 nitrogen and oxygen atoms in total. The number of hydrogen-bond donors (Lipinski definition) is 0. The lowest BCUT2D eigenvalue weighted by Crippen LogP contribution is -2.40. The summed E-state index contributed by atoms with van der Waals surface area (Å²) >= 11 is 3.42. The third-order valence-corrected chi connectivity index (χ3v) is 7.60. The van der Waals surface area contributed by atoms with E-state index < -0.39 is 22.5 Å². The van der Waals surface area contributed by atoms with E-state index in [1.165, 1.54) is 12.1 Å². The van der Waals surface area contributed by atoms with Crippen LogP contribution in [-0.2, 0) is 21.2 Å². The minimum Gasteiger partial charge on any atom is -0.483 e. The molecule has 0 saturated heterocycles. The van der Waals surface area contributed by atoms with E-state index in [0.29, 0.717) is 10.2 Å². The van der Waals surface area contributed by atoms with Crippen LogP contribution in [0, 0.1) is 13.8 Å². The Balaban J connectivity index is 1.93. The van der Waals surface area contributed by atoms with Gasteiger partial charge in [0.2, 0.25) is 0 Å². The fourth-order valence-electron chi connectivity index (χ4n) is 3.33. The predicted molar refractivity (Wildman–Crippen MR) is 135 cm³/mol. The van der Waals surface area contributed by atoms with Crippen molar-refractivity contribution < 1.29 is 17.9 Å². The zero-order valence-electron chi connectivity index (χ0n) is 19.0. The summed E-state index contributed by atoms with van der Waals surface area (Å²) in [6, 6.07) is 19.0. The molecule has 3 aromatic rings. The summed E-state index contributed by atoms with van der Waals surface area (Å²) in [6.07, 6.45) is 3.02. The zero-order chi connectivity index (χ0) is 24.0. The van der Waals surface area contributed by atoms with Crippen LogP contribution in [0.4, 0.5) is 5.69 Å². The van der Waals surface area contributed by atoms with Crippen LogP contribution in [0.25, 0.3) is 0 Å². The van der Waals surface area contributed by atoms with Gasteiger partial charge in [0.05, 0.1) is 15.1 Å². The minimum atomic E-state index is -4.13. The normalized spacial score (nSPS) is 11.3. The maximum absolute atomic E-state index is 13.5. The van der Waals surface area contributed by atoms with Crippen molar-refractivity contribution in [3.05, 3.63) is 87.9 Å². The first kappa shape index (κ1) is 25.0. The van der Waals surface area contributed by atoms with Crippen molar-refractivity contribution in [1.82, 2.24) is 0 Å². The predicted octanol–water partition coefficient (Wildman–Crippen LogP) is 6.21. The Hall–Kier alpha value is -2.64. The molecule has 174 valence electrons. The van der Waals surface area contributed by atoms with E-state index in [4.69, 9.17) is 4.74 Å². The molecule has 0 atom stereocenters. The number of unbranched alkanes of at least 4 members (excludes halogenated alkanes) is 1. The lowest BCUT2D eigenvalue weighted by Gasteiger charge is -2.23. The van der Waals surface area contributed by atoms with Gasteiger partial charge in [0.1, 0.15) is 5.75 Å². The molecular weight excluding hydrogens is 502 g/mol. The maximum atomic E-state index is 13.5. The highest BCUT2D eigenvalue weighted by Gasteiger charge is 2.31. The van der Waals surface area contributed by atoms with Gasteiger partial charge in [-0.2, -0.15) is 4.31 Å². The van der Waals surface area contributed by atoms with E-state index in [-0.39, 0.29) is 10.6 Å². The second-order valence-corrected chi connectivity index (χ2v) is 10.6. The number of halogens is 1. The summed E-state index contributed by atoms with van der Waals surface area (Å²) in [5.74, 6) is -0.207. The minimum absolute atomic E-state index is 0.0491. The van der Waals surface area contributed by atoms with Crippen LogP contribution in [0.2, 0.25) is 0 Å². The highest BCUT2D eigenvalue weighted by Crippen LogP contribution is 2.28. The van der Waals surface area contributed by atoms with E-state index in [1.54, 1.807) is 30.3 Å². The molecule has 0 fully saturated rings. The van der Waals surface area contributed by atoms with E-state index >= 15 is 0 Å². The third kappa shape index (κ3) is 6.24. The molecule has 7 heteroatoms. The van der Waals surface area contributed by atoms with Gasteiger partial charge in [0, 0.05) is 0 Å². The van der Waals surface area contributed by atoms with Crippen molar-refractivity contribution in [1.29, 1.82) is 0 Å². The first-order chi connectivity index (χ1) is 15.7. The SMILES string of the molecule is CCCCc1ccc(N(C(=O)COc2ccc(C)cc2Br)S(=O)(=O)c2ccc(C)cc2)cc1. The Kier molecular flexibility index (Phi) is 8.32. The largest absolute Gasteiger partial charge is 0.483 e. The molecule has 0 aliphatic carbocycles. The van der Waals surface area contributed by atoms with Gasteiger partial charge in [0.15, 0.2) is 6.61 Å². The van der Waals surface area contributed by atoms with Crippen LogP contribution in [-0.4, -0.2) is 20.9 Å². The Labute approximate surface area is 204 Å². The highest BCUT2D eigenvalue weighted by atomic mass is 79.9. The number of nitrogens with zero attached hydrogens (tertiary/aromatic N) is 1. The summed E-state index contributed by atoms with van der Waals surface area (Å²) in [6.45, 7) is 5.51. The smallest absolute Gasteiger partial charge is 0.278 e. The molecule has 0 aliphatic heterocycles. The average molecular weight is 530 g/mol. The van der Waals surface area contributed by atoms with Gasteiger partial charge in [-0.25, -0.2) is 8.42 Å². The Morgan fingerprint density at radius 3 is 2.18 bits per heavy atom. The summed E-state index contributed by atoms with van der Waals surface area (Å²) in [5.41, 5.74) is 3.35. The first-order valence-corrected chi connectivity index (χ1v) is 13.1. The summed E-state index contributed by atoms with van der Waals surface area (Å²) in [5, 5.41) is 0. The van der Waals surface area contributed by atoms with Crippen LogP contribution >= 0.6 is 15.9 Å². The number of benzene rings is 3. The molecule has 0 radical (unpaired) electrons. The van der Waals surface area contributed by atoms with Crippen LogP contribution in [0.3, 0.4) is 0 Å². The van der Waals surface area contributed by atoms with E-state index in [1.807, 2.05) is 38.1 Å². The third-order valence-electron chi connectivity index (χ3n) is 5.21. The molecule has 0 unspecified atom stereocenters. The van der Waals surface area contributed by atoms with Crippen LogP contribution < -0.4 is 9.04 Å². The monoisotopic (exact) mass is 529 g/mol. The van der Waals surface area contributed by atoms with Crippen molar-refractivity contribution in [2.45, 2.75) is 44.9 Å². The van der Waals surface area contributed by atoms with Crippen molar-refractivity contribution >= 4 is 37.5 Å². The van der Waals surface area contributed by atoms with Gasteiger partial charge in [-0.15, -0.1) is 0 Å². The number of hydrogen-bond acceptors (Lipinski definition) is 4. The molecular formula is C26H28BrNO4S. The molecule has 0 heterocycles. The lowest BCUT2D eigenvalue weighted by atomic mass is 10.1. The highest BCUT2D eigenvalue weighted by molar-refractivity contribution is 9.10. The Bertz CT molecular complexity index is 1210. The molecule has 0 aromatic heterocycles.